The van der Waals surface area contributed by atoms with Crippen molar-refractivity contribution in [3.8, 4) is 6.07 Å². The molecule has 8 nitrogen and oxygen atoms in total. The van der Waals surface area contributed by atoms with Crippen LogP contribution in [0.3, 0.4) is 0 Å². The van der Waals surface area contributed by atoms with Crippen LogP contribution in [0.5, 0.6) is 0 Å². The largest absolute Gasteiger partial charge is 0.379 e. The molecular weight excluding hydrogens is 399 g/mol. The molecule has 0 N–H and O–H groups in total. The molecule has 0 aliphatic carbocycles. The average Bonchev–Trinajstić information content (AvgIpc) is 2.86. The molecule has 28 heavy (non-hydrogen) atoms. The Morgan fingerprint density at radius 1 is 1.46 bits per heavy atom. The Morgan fingerprint density at radius 2 is 2.14 bits per heavy atom. The van der Waals surface area contributed by atoms with Gasteiger partial charge in [-0.3, -0.25) is 4.57 Å². The van der Waals surface area contributed by atoms with Gasteiger partial charge in [0.1, 0.15) is 7.85 Å². The highest BCUT2D eigenvalue weighted by atomic mass is 31.2. The van der Waals surface area contributed by atoms with Crippen LogP contribution in [0.4, 0.5) is 0 Å². The lowest BCUT2D eigenvalue weighted by Gasteiger charge is -2.39. The number of nitriles is 1. The van der Waals surface area contributed by atoms with Crippen molar-refractivity contribution in [2.45, 2.75) is 51.8 Å². The van der Waals surface area contributed by atoms with E-state index < -0.39 is 16.0 Å². The maximum absolute atomic E-state index is 12.3. The normalized spacial score (nSPS) is 23.2. The van der Waals surface area contributed by atoms with Gasteiger partial charge >= 0.3 is 7.60 Å². The van der Waals surface area contributed by atoms with Crippen molar-refractivity contribution in [2.75, 3.05) is 40.5 Å². The van der Waals surface area contributed by atoms with Crippen LogP contribution < -0.4 is 0 Å². The number of hydrogen-bond donors (Lipinski definition) is 0. The minimum atomic E-state index is -3.24. The molecule has 0 saturated carbocycles. The molecule has 0 spiro atoms. The molecule has 11 heteroatoms. The van der Waals surface area contributed by atoms with Crippen LogP contribution in [0.25, 0.3) is 0 Å². The zero-order chi connectivity index (χ0) is 21.2. The maximum Gasteiger partial charge on any atom is 0.353 e. The number of rotatable bonds is 11. The zero-order valence-electron chi connectivity index (χ0n) is 17.9. The first-order valence-corrected chi connectivity index (χ1v) is 12.4. The summed E-state index contributed by atoms with van der Waals surface area (Å²) in [7, 11) is 0.491. The lowest BCUT2D eigenvalue weighted by Crippen LogP contribution is -2.37. The second-order valence-corrected chi connectivity index (χ2v) is 10.7. The van der Waals surface area contributed by atoms with Crippen LogP contribution in [-0.4, -0.2) is 75.8 Å². The summed E-state index contributed by atoms with van der Waals surface area (Å²) in [5, 5.41) is 8.88. The molecule has 0 aromatic heterocycles. The van der Waals surface area contributed by atoms with Crippen LogP contribution in [0.15, 0.2) is 11.9 Å². The molecule has 1 aliphatic heterocycles. The predicted octanol–water partition coefficient (Wildman–Crippen LogP) is 2.92. The Hall–Kier alpha value is -0.285. The van der Waals surface area contributed by atoms with Gasteiger partial charge in [0.15, 0.2) is 8.45 Å². The van der Waals surface area contributed by atoms with Gasteiger partial charge in [0.05, 0.1) is 25.2 Å². The highest BCUT2D eigenvalue weighted by Crippen LogP contribution is 2.49. The van der Waals surface area contributed by atoms with Gasteiger partial charge < -0.3 is 18.3 Å². The molecule has 3 unspecified atom stereocenters. The third-order valence-electron chi connectivity index (χ3n) is 4.39. The van der Waals surface area contributed by atoms with Gasteiger partial charge in [-0.25, -0.2) is 9.34 Å². The van der Waals surface area contributed by atoms with E-state index in [0.717, 1.165) is 19.5 Å². The van der Waals surface area contributed by atoms with Gasteiger partial charge in [0.25, 0.3) is 0 Å². The first kappa shape index (κ1) is 25.8. The van der Waals surface area contributed by atoms with E-state index in [1.807, 2.05) is 7.85 Å². The summed E-state index contributed by atoms with van der Waals surface area (Å²) in [6.45, 7) is 9.11. The van der Waals surface area contributed by atoms with E-state index >= 15 is 0 Å². The zero-order valence-corrected chi connectivity index (χ0v) is 19.7. The highest BCUT2D eigenvalue weighted by Gasteiger charge is 2.32. The van der Waals surface area contributed by atoms with Crippen molar-refractivity contribution in [3.05, 3.63) is 11.9 Å². The molecule has 1 saturated heterocycles. The molecule has 3 atom stereocenters. The fourth-order valence-corrected chi connectivity index (χ4v) is 5.78. The van der Waals surface area contributed by atoms with Gasteiger partial charge in [0, 0.05) is 51.7 Å². The second-order valence-electron chi connectivity index (χ2n) is 6.78. The molecule has 0 aromatic rings. The van der Waals surface area contributed by atoms with Gasteiger partial charge in [-0.05, 0) is 26.3 Å². The molecule has 1 aliphatic rings. The lowest BCUT2D eigenvalue weighted by molar-refractivity contribution is 0.0679. The van der Waals surface area contributed by atoms with Crippen molar-refractivity contribution in [3.63, 3.8) is 0 Å². The predicted molar refractivity (Wildman–Crippen MR) is 115 cm³/mol. The van der Waals surface area contributed by atoms with Gasteiger partial charge in [-0.1, -0.05) is 6.92 Å². The minimum absolute atomic E-state index is 0.0641. The summed E-state index contributed by atoms with van der Waals surface area (Å²) < 4.78 is 39.2. The topological polar surface area (TPSA) is 84.3 Å². The van der Waals surface area contributed by atoms with Crippen LogP contribution in [-0.2, 0) is 22.9 Å². The smallest absolute Gasteiger partial charge is 0.353 e. The summed E-state index contributed by atoms with van der Waals surface area (Å²) in [5.74, 6) is 1.47. The van der Waals surface area contributed by atoms with E-state index in [0.29, 0.717) is 25.6 Å². The monoisotopic (exact) mass is 433 g/mol. The summed E-state index contributed by atoms with van der Waals surface area (Å²) in [5.41, 5.74) is 0. The molecule has 1 rings (SSSR count). The van der Waals surface area contributed by atoms with E-state index in [-0.39, 0.29) is 12.1 Å². The van der Waals surface area contributed by atoms with Crippen LogP contribution in [0, 0.1) is 11.3 Å². The molecule has 0 bridgehead atoms. The van der Waals surface area contributed by atoms with Crippen molar-refractivity contribution in [2.24, 2.45) is 0 Å². The van der Waals surface area contributed by atoms with E-state index in [2.05, 4.69) is 36.2 Å². The molecule has 0 amide bonds. The van der Waals surface area contributed by atoms with E-state index in [4.69, 9.17) is 23.6 Å². The third-order valence-corrected chi connectivity index (χ3v) is 8.39. The van der Waals surface area contributed by atoms with Gasteiger partial charge in [-0.2, -0.15) is 5.26 Å². The Morgan fingerprint density at radius 3 is 2.68 bits per heavy atom. The molecule has 0 aromatic carbocycles. The first-order valence-electron chi connectivity index (χ1n) is 9.67. The minimum Gasteiger partial charge on any atom is -0.379 e. The summed E-state index contributed by atoms with van der Waals surface area (Å²) in [4.78, 5) is 0. The van der Waals surface area contributed by atoms with E-state index in [1.165, 1.54) is 20.0 Å². The molecular formula is C17H34BN3O5P2. The van der Waals surface area contributed by atoms with E-state index in [1.54, 1.807) is 6.08 Å². The standard InChI is InChI=1S/C17H34BN3O5P2/c1-6-21(15(2)3)27(25-12-7-10-19)20-11-8-17(18)26-16(14-20)9-13-28(22,23-4)24-5/h9,13,15-17H,6-8,11-12,14,18H2,1-5H3/b13-9+. The number of ether oxygens (including phenoxy) is 1. The molecule has 160 valence electrons. The van der Waals surface area contributed by atoms with Crippen LogP contribution in [0.1, 0.15) is 33.6 Å². The first-order chi connectivity index (χ1) is 13.3. The van der Waals surface area contributed by atoms with Crippen molar-refractivity contribution in [1.29, 1.82) is 5.26 Å². The molecule has 0 radical (unpaired) electrons. The summed E-state index contributed by atoms with van der Waals surface area (Å²) >= 11 is 0. The van der Waals surface area contributed by atoms with Gasteiger partial charge in [0.2, 0.25) is 0 Å². The Labute approximate surface area is 172 Å². The summed E-state index contributed by atoms with van der Waals surface area (Å²) in [6, 6.07) is 2.52. The SMILES string of the molecule is BC1CCN(P(OCCC#N)N(CC)C(C)C)CC(/C=C/P(=O)(OC)OC)O1. The lowest BCUT2D eigenvalue weighted by atomic mass is 9.97. The van der Waals surface area contributed by atoms with Crippen molar-refractivity contribution in [1.82, 2.24) is 9.34 Å². The number of nitrogens with zero attached hydrogens (tertiary/aromatic N) is 3. The van der Waals surface area contributed by atoms with E-state index in [9.17, 15) is 4.57 Å². The van der Waals surface area contributed by atoms with Crippen LogP contribution >= 0.6 is 16.0 Å². The Kier molecular flexibility index (Phi) is 12.1. The molecule has 1 fully saturated rings. The van der Waals surface area contributed by atoms with Crippen molar-refractivity contribution >= 4 is 23.9 Å². The van der Waals surface area contributed by atoms with Crippen molar-refractivity contribution < 1.29 is 22.9 Å². The fourth-order valence-electron chi connectivity index (χ4n) is 2.87. The Balaban J connectivity index is 3.03. The fraction of sp³-hybridized carbons (Fsp3) is 0.824. The third kappa shape index (κ3) is 8.22. The quantitative estimate of drug-likeness (QED) is 0.280. The summed E-state index contributed by atoms with van der Waals surface area (Å²) in [6.07, 6.45) is 2.74. The maximum atomic E-state index is 12.3. The van der Waals surface area contributed by atoms with Crippen LogP contribution in [0.2, 0.25) is 0 Å². The number of hydrogen-bond acceptors (Lipinski definition) is 8. The van der Waals surface area contributed by atoms with Gasteiger partial charge in [-0.15, -0.1) is 0 Å². The average molecular weight is 433 g/mol. The second kappa shape index (κ2) is 13.1. The highest BCUT2D eigenvalue weighted by molar-refractivity contribution is 7.57. The Bertz CT molecular complexity index is 567. The molecule has 1 heterocycles.